The van der Waals surface area contributed by atoms with Gasteiger partial charge in [-0.15, -0.1) is 0 Å². The van der Waals surface area contributed by atoms with Crippen molar-refractivity contribution in [2.75, 3.05) is 0 Å². The van der Waals surface area contributed by atoms with E-state index in [1.165, 1.54) is 12.1 Å². The quantitative estimate of drug-likeness (QED) is 0.387. The number of rotatable bonds is 5. The van der Waals surface area contributed by atoms with Crippen LogP contribution < -0.4 is 0 Å². The van der Waals surface area contributed by atoms with E-state index in [0.29, 0.717) is 11.3 Å². The van der Waals surface area contributed by atoms with Crippen LogP contribution in [0.3, 0.4) is 0 Å². The smallest absolute Gasteiger partial charge is 0.269 e. The lowest BCUT2D eigenvalue weighted by atomic mass is 9.93. The van der Waals surface area contributed by atoms with Crippen molar-refractivity contribution in [2.45, 2.75) is 59.2 Å². The molecule has 0 unspecified atom stereocenters. The van der Waals surface area contributed by atoms with Gasteiger partial charge in [-0.3, -0.25) is 4.68 Å². The highest BCUT2D eigenvalue weighted by Gasteiger charge is 2.32. The van der Waals surface area contributed by atoms with Gasteiger partial charge in [-0.1, -0.05) is 46.4 Å². The van der Waals surface area contributed by atoms with Gasteiger partial charge in [-0.2, -0.15) is 18.3 Å². The summed E-state index contributed by atoms with van der Waals surface area (Å²) in [5, 5.41) is 4.53. The van der Waals surface area contributed by atoms with Crippen molar-refractivity contribution in [3.63, 3.8) is 0 Å². The van der Waals surface area contributed by atoms with Crippen LogP contribution in [-0.4, -0.2) is 16.0 Å². The maximum atomic E-state index is 13.1. The van der Waals surface area contributed by atoms with Gasteiger partial charge < -0.3 is 0 Å². The first kappa shape index (κ1) is 22.9. The molecule has 29 heavy (non-hydrogen) atoms. The summed E-state index contributed by atoms with van der Waals surface area (Å²) in [5.41, 5.74) is 2.26. The maximum Gasteiger partial charge on any atom is 0.415 e. The van der Waals surface area contributed by atoms with Gasteiger partial charge in [0.1, 0.15) is 5.82 Å². The van der Waals surface area contributed by atoms with Crippen LogP contribution in [0.5, 0.6) is 0 Å². The molecule has 158 valence electrons. The number of hydrogen-bond acceptors (Lipinski definition) is 1. The fourth-order valence-corrected chi connectivity index (χ4v) is 3.42. The minimum Gasteiger partial charge on any atom is -0.269 e. The van der Waals surface area contributed by atoms with Gasteiger partial charge in [0.2, 0.25) is 0 Å². The highest BCUT2D eigenvalue weighted by molar-refractivity contribution is 5.67. The molecule has 2 nitrogen and oxygen atoms in total. The molecular weight excluding hydrogens is 380 g/mol. The Hall–Kier alpha value is -2.37. The summed E-state index contributed by atoms with van der Waals surface area (Å²) in [7, 11) is 0. The zero-order chi connectivity index (χ0) is 21.8. The van der Waals surface area contributed by atoms with Crippen molar-refractivity contribution in [1.82, 2.24) is 9.78 Å². The SMILES string of the molecule is C=C(/C=C(/c1cc2n(n1)CC[C@@H]2Cc1ccc(F)cc1)C(C)C)C(F)(F)F.CC. The summed E-state index contributed by atoms with van der Waals surface area (Å²) in [4.78, 5) is 0. The average Bonchev–Trinajstić information content (AvgIpc) is 3.23. The first-order chi connectivity index (χ1) is 13.6. The van der Waals surface area contributed by atoms with Crippen molar-refractivity contribution in [1.29, 1.82) is 0 Å². The number of aromatic nitrogens is 2. The van der Waals surface area contributed by atoms with E-state index in [9.17, 15) is 17.6 Å². The average molecular weight is 408 g/mol. The molecule has 1 atom stereocenters. The summed E-state index contributed by atoms with van der Waals surface area (Å²) in [6.07, 6.45) is -1.69. The highest BCUT2D eigenvalue weighted by Crippen LogP contribution is 2.36. The second kappa shape index (κ2) is 9.42. The minimum absolute atomic E-state index is 0.115. The van der Waals surface area contributed by atoms with Gasteiger partial charge in [0.25, 0.3) is 0 Å². The summed E-state index contributed by atoms with van der Waals surface area (Å²) in [5.74, 6) is -0.166. The van der Waals surface area contributed by atoms with Crippen molar-refractivity contribution in [3.8, 4) is 0 Å². The molecular formula is C23H28F4N2. The van der Waals surface area contributed by atoms with E-state index in [2.05, 4.69) is 11.7 Å². The number of halogens is 4. The van der Waals surface area contributed by atoms with Crippen molar-refractivity contribution in [3.05, 3.63) is 71.3 Å². The van der Waals surface area contributed by atoms with Crippen LogP contribution in [0.15, 0.2) is 48.6 Å². The van der Waals surface area contributed by atoms with E-state index in [1.807, 2.05) is 38.4 Å². The third-order valence-corrected chi connectivity index (χ3v) is 4.93. The first-order valence-electron chi connectivity index (χ1n) is 9.95. The van der Waals surface area contributed by atoms with Crippen LogP contribution in [0.4, 0.5) is 17.6 Å². The van der Waals surface area contributed by atoms with E-state index in [0.717, 1.165) is 36.7 Å². The lowest BCUT2D eigenvalue weighted by Crippen LogP contribution is -2.10. The lowest BCUT2D eigenvalue weighted by Gasteiger charge is -2.12. The van der Waals surface area contributed by atoms with Gasteiger partial charge in [0.15, 0.2) is 0 Å². The molecule has 1 aromatic heterocycles. The fourth-order valence-electron chi connectivity index (χ4n) is 3.42. The van der Waals surface area contributed by atoms with E-state index >= 15 is 0 Å². The Balaban J connectivity index is 0.00000145. The number of aryl methyl sites for hydroxylation is 1. The van der Waals surface area contributed by atoms with Crippen molar-refractivity contribution >= 4 is 5.57 Å². The van der Waals surface area contributed by atoms with E-state index in [1.54, 1.807) is 12.1 Å². The Morgan fingerprint density at radius 1 is 1.24 bits per heavy atom. The standard InChI is InChI=1S/C21H22F4N2.C2H6/c1-13(2)18(10-14(3)21(23,24)25)19-12-20-16(8-9-27(20)26-19)11-15-4-6-17(22)7-5-15;1-2/h4-7,10,12-13,16H,3,8-9,11H2,1-2H3;1-2H3/b18-10+;/t16-;/m1./s1. The molecule has 1 aliphatic heterocycles. The van der Waals surface area contributed by atoms with Gasteiger partial charge >= 0.3 is 6.18 Å². The fraction of sp³-hybridized carbons (Fsp3) is 0.435. The Morgan fingerprint density at radius 3 is 2.41 bits per heavy atom. The number of allylic oxidation sites excluding steroid dienone is 3. The minimum atomic E-state index is -4.45. The molecule has 0 fully saturated rings. The molecule has 0 N–H and O–H groups in total. The molecule has 3 rings (SSSR count). The second-order valence-electron chi connectivity index (χ2n) is 7.27. The zero-order valence-electron chi connectivity index (χ0n) is 17.4. The maximum absolute atomic E-state index is 13.1. The summed E-state index contributed by atoms with van der Waals surface area (Å²) in [6, 6.07) is 8.30. The lowest BCUT2D eigenvalue weighted by molar-refractivity contribution is -0.0877. The molecule has 0 saturated heterocycles. The normalized spacial score (nSPS) is 16.4. The predicted molar refractivity (Wildman–Crippen MR) is 109 cm³/mol. The molecule has 1 aromatic carbocycles. The van der Waals surface area contributed by atoms with Gasteiger partial charge in [0, 0.05) is 23.7 Å². The van der Waals surface area contributed by atoms with Crippen LogP contribution in [0.2, 0.25) is 0 Å². The molecule has 6 heteroatoms. The number of benzene rings is 1. The van der Waals surface area contributed by atoms with Gasteiger partial charge in [0.05, 0.1) is 5.69 Å². The van der Waals surface area contributed by atoms with Crippen LogP contribution in [0, 0.1) is 11.7 Å². The van der Waals surface area contributed by atoms with Gasteiger partial charge in [-0.05, 0) is 54.2 Å². The predicted octanol–water partition coefficient (Wildman–Crippen LogP) is 6.94. The molecule has 2 heterocycles. The summed E-state index contributed by atoms with van der Waals surface area (Å²) in [6.45, 7) is 11.6. The van der Waals surface area contributed by atoms with Crippen molar-refractivity contribution < 1.29 is 17.6 Å². The Morgan fingerprint density at radius 2 is 1.86 bits per heavy atom. The summed E-state index contributed by atoms with van der Waals surface area (Å²) < 4.78 is 53.6. The summed E-state index contributed by atoms with van der Waals surface area (Å²) >= 11 is 0. The first-order valence-corrected chi connectivity index (χ1v) is 9.95. The monoisotopic (exact) mass is 408 g/mol. The molecule has 0 radical (unpaired) electrons. The van der Waals surface area contributed by atoms with E-state index < -0.39 is 11.7 Å². The third kappa shape index (κ3) is 5.58. The molecule has 2 aromatic rings. The largest absolute Gasteiger partial charge is 0.415 e. The van der Waals surface area contributed by atoms with E-state index in [4.69, 9.17) is 0 Å². The highest BCUT2D eigenvalue weighted by atomic mass is 19.4. The van der Waals surface area contributed by atoms with Crippen LogP contribution in [-0.2, 0) is 13.0 Å². The Bertz CT molecular complexity index is 858. The molecule has 0 bridgehead atoms. The molecule has 1 aliphatic rings. The topological polar surface area (TPSA) is 17.8 Å². The number of nitrogens with zero attached hydrogens (tertiary/aromatic N) is 2. The third-order valence-electron chi connectivity index (χ3n) is 4.93. The number of hydrogen-bond donors (Lipinski definition) is 0. The zero-order valence-corrected chi connectivity index (χ0v) is 17.4. The molecule has 0 aliphatic carbocycles. The van der Waals surface area contributed by atoms with Gasteiger partial charge in [-0.25, -0.2) is 4.39 Å². The number of alkyl halides is 3. The van der Waals surface area contributed by atoms with E-state index in [-0.39, 0.29) is 17.7 Å². The van der Waals surface area contributed by atoms with Crippen molar-refractivity contribution in [2.24, 2.45) is 5.92 Å². The molecule has 0 amide bonds. The van der Waals surface area contributed by atoms with Crippen LogP contribution >= 0.6 is 0 Å². The number of fused-ring (bicyclic) bond motifs is 1. The molecule has 0 saturated carbocycles. The second-order valence-corrected chi connectivity index (χ2v) is 7.27. The Kier molecular flexibility index (Phi) is 7.44. The molecule has 0 spiro atoms. The Labute approximate surface area is 169 Å². The van der Waals surface area contributed by atoms with Crippen LogP contribution in [0.25, 0.3) is 5.57 Å². The van der Waals surface area contributed by atoms with Crippen LogP contribution in [0.1, 0.15) is 57.0 Å².